The van der Waals surface area contributed by atoms with E-state index in [-0.39, 0.29) is 5.56 Å². The van der Waals surface area contributed by atoms with Gasteiger partial charge in [-0.15, -0.1) is 0 Å². The molecule has 0 fully saturated rings. The Balaban J connectivity index is 3.59. The molecule has 0 saturated heterocycles. The third-order valence-electron chi connectivity index (χ3n) is 1.16. The van der Waals surface area contributed by atoms with Crippen LogP contribution >= 0.6 is 31.9 Å². The fourth-order valence-electron chi connectivity index (χ4n) is 0.599. The minimum absolute atomic E-state index is 0.217. The van der Waals surface area contributed by atoms with Crippen molar-refractivity contribution in [2.45, 2.75) is 0 Å². The van der Waals surface area contributed by atoms with Gasteiger partial charge in [0.2, 0.25) is 0 Å². The van der Waals surface area contributed by atoms with Crippen molar-refractivity contribution < 1.29 is 0 Å². The minimum Gasteiger partial charge on any atom is -0.381 e. The maximum absolute atomic E-state index is 11.1. The van der Waals surface area contributed by atoms with Gasteiger partial charge in [-0.1, -0.05) is 0 Å². The summed E-state index contributed by atoms with van der Waals surface area (Å²) in [5.41, 5.74) is 5.23. The van der Waals surface area contributed by atoms with Crippen molar-refractivity contribution in [1.82, 2.24) is 9.78 Å². The van der Waals surface area contributed by atoms with Crippen molar-refractivity contribution >= 4 is 37.7 Å². The fraction of sp³-hybridized carbons (Fsp3) is 0.200. The molecule has 6 heteroatoms. The summed E-state index contributed by atoms with van der Waals surface area (Å²) >= 11 is 6.20. The second-order valence-electron chi connectivity index (χ2n) is 1.94. The first kappa shape index (κ1) is 8.73. The first-order valence-electron chi connectivity index (χ1n) is 2.72. The molecule has 0 radical (unpaired) electrons. The quantitative estimate of drug-likeness (QED) is 0.769. The van der Waals surface area contributed by atoms with Crippen molar-refractivity contribution in [1.29, 1.82) is 0 Å². The molecule has 1 aromatic heterocycles. The molecule has 0 aliphatic rings. The van der Waals surface area contributed by atoms with Gasteiger partial charge in [0.05, 0.1) is 4.47 Å². The van der Waals surface area contributed by atoms with E-state index in [1.165, 1.54) is 11.7 Å². The van der Waals surface area contributed by atoms with E-state index in [1.54, 1.807) is 0 Å². The molecule has 0 bridgehead atoms. The van der Waals surface area contributed by atoms with Crippen LogP contribution in [0.2, 0.25) is 0 Å². The highest BCUT2D eigenvalue weighted by molar-refractivity contribution is 9.13. The largest absolute Gasteiger partial charge is 0.381 e. The summed E-state index contributed by atoms with van der Waals surface area (Å²) in [6.45, 7) is 0. The van der Waals surface area contributed by atoms with Crippen molar-refractivity contribution in [2.24, 2.45) is 7.05 Å². The van der Waals surface area contributed by atoms with Gasteiger partial charge in [0.25, 0.3) is 5.56 Å². The van der Waals surface area contributed by atoms with Crippen LogP contribution in [-0.4, -0.2) is 9.78 Å². The monoisotopic (exact) mass is 281 g/mol. The number of nitrogens with two attached hydrogens (primary N) is 1. The lowest BCUT2D eigenvalue weighted by Gasteiger charge is -2.01. The lowest BCUT2D eigenvalue weighted by Crippen LogP contribution is -2.21. The average Bonchev–Trinajstić information content (AvgIpc) is 1.97. The number of halogens is 2. The van der Waals surface area contributed by atoms with Crippen molar-refractivity contribution in [3.05, 3.63) is 19.3 Å². The maximum atomic E-state index is 11.1. The van der Waals surface area contributed by atoms with Crippen LogP contribution in [0, 0.1) is 0 Å². The highest BCUT2D eigenvalue weighted by Gasteiger charge is 2.07. The summed E-state index contributed by atoms with van der Waals surface area (Å²) in [7, 11) is 1.54. The van der Waals surface area contributed by atoms with E-state index in [0.29, 0.717) is 14.8 Å². The third-order valence-corrected chi connectivity index (χ3v) is 3.23. The Morgan fingerprint density at radius 2 is 2.00 bits per heavy atom. The molecule has 0 spiro atoms. The van der Waals surface area contributed by atoms with Crippen LogP contribution in [0.5, 0.6) is 0 Å². The van der Waals surface area contributed by atoms with E-state index in [2.05, 4.69) is 37.0 Å². The number of rotatable bonds is 0. The Morgan fingerprint density at radius 1 is 1.45 bits per heavy atom. The highest BCUT2D eigenvalue weighted by Crippen LogP contribution is 2.22. The Morgan fingerprint density at radius 3 is 2.55 bits per heavy atom. The molecule has 0 unspecified atom stereocenters. The Bertz CT molecular complexity index is 346. The number of aryl methyl sites for hydroxylation is 1. The van der Waals surface area contributed by atoms with E-state index in [0.717, 1.165) is 0 Å². The summed E-state index contributed by atoms with van der Waals surface area (Å²) in [6, 6.07) is 0. The lowest BCUT2D eigenvalue weighted by atomic mass is 10.5. The summed E-state index contributed by atoms with van der Waals surface area (Å²) in [5.74, 6) is 0.291. The van der Waals surface area contributed by atoms with E-state index in [9.17, 15) is 4.79 Å². The number of aromatic nitrogens is 2. The Labute approximate surface area is 79.7 Å². The first-order chi connectivity index (χ1) is 5.04. The molecule has 4 nitrogen and oxygen atoms in total. The van der Waals surface area contributed by atoms with E-state index in [1.807, 2.05) is 0 Å². The van der Waals surface area contributed by atoms with Crippen LogP contribution in [-0.2, 0) is 7.05 Å². The van der Waals surface area contributed by atoms with Crippen LogP contribution in [0.15, 0.2) is 13.7 Å². The van der Waals surface area contributed by atoms with E-state index < -0.39 is 0 Å². The smallest absolute Gasteiger partial charge is 0.282 e. The first-order valence-corrected chi connectivity index (χ1v) is 4.30. The normalized spacial score (nSPS) is 10.1. The van der Waals surface area contributed by atoms with Crippen LogP contribution in [0.3, 0.4) is 0 Å². The van der Waals surface area contributed by atoms with Crippen molar-refractivity contribution in [3.8, 4) is 0 Å². The number of anilines is 1. The second kappa shape index (κ2) is 2.94. The molecular formula is C5H5Br2N3O. The van der Waals surface area contributed by atoms with Gasteiger partial charge in [0.15, 0.2) is 5.82 Å². The average molecular weight is 283 g/mol. The fourth-order valence-corrected chi connectivity index (χ4v) is 1.31. The molecule has 0 saturated carbocycles. The molecule has 1 rings (SSSR count). The topological polar surface area (TPSA) is 60.9 Å². The predicted molar refractivity (Wildman–Crippen MR) is 49.3 cm³/mol. The van der Waals surface area contributed by atoms with Crippen molar-refractivity contribution in [2.75, 3.05) is 5.73 Å². The van der Waals surface area contributed by atoms with Crippen molar-refractivity contribution in [3.63, 3.8) is 0 Å². The summed E-state index contributed by atoms with van der Waals surface area (Å²) in [6.07, 6.45) is 0. The van der Waals surface area contributed by atoms with Gasteiger partial charge < -0.3 is 5.73 Å². The second-order valence-corrected chi connectivity index (χ2v) is 3.53. The van der Waals surface area contributed by atoms with E-state index in [4.69, 9.17) is 5.73 Å². The molecule has 0 aliphatic heterocycles. The molecule has 1 heterocycles. The molecule has 11 heavy (non-hydrogen) atoms. The zero-order chi connectivity index (χ0) is 8.59. The molecule has 2 N–H and O–H groups in total. The maximum Gasteiger partial charge on any atom is 0.282 e. The molecule has 0 aromatic carbocycles. The van der Waals surface area contributed by atoms with E-state index >= 15 is 0 Å². The summed E-state index contributed by atoms with van der Waals surface area (Å²) < 4.78 is 2.07. The zero-order valence-corrected chi connectivity index (χ0v) is 8.81. The van der Waals surface area contributed by atoms with Gasteiger partial charge >= 0.3 is 0 Å². The van der Waals surface area contributed by atoms with Gasteiger partial charge in [0, 0.05) is 7.05 Å². The van der Waals surface area contributed by atoms with Crippen LogP contribution in [0.1, 0.15) is 0 Å². The number of nitrogens with zero attached hydrogens (tertiary/aromatic N) is 2. The molecule has 0 atom stereocenters. The van der Waals surface area contributed by atoms with Crippen LogP contribution in [0.4, 0.5) is 5.82 Å². The van der Waals surface area contributed by atoms with Crippen LogP contribution in [0.25, 0.3) is 0 Å². The molecule has 0 amide bonds. The molecule has 1 aromatic rings. The van der Waals surface area contributed by atoms with Gasteiger partial charge in [-0.25, -0.2) is 4.68 Å². The third kappa shape index (κ3) is 1.46. The number of hydrogen-bond donors (Lipinski definition) is 1. The molecule has 0 aliphatic carbocycles. The summed E-state index contributed by atoms with van der Waals surface area (Å²) in [4.78, 5) is 11.1. The Hall–Kier alpha value is -0.360. The van der Waals surface area contributed by atoms with Gasteiger partial charge in [-0.05, 0) is 31.9 Å². The SMILES string of the molecule is Cn1nc(N)c(Br)c(Br)c1=O. The van der Waals surface area contributed by atoms with Gasteiger partial charge in [0.1, 0.15) is 4.47 Å². The highest BCUT2D eigenvalue weighted by atomic mass is 79.9. The summed E-state index contributed by atoms with van der Waals surface area (Å²) in [5, 5.41) is 3.74. The predicted octanol–water partition coefficient (Wildman–Crippen LogP) is 0.887. The zero-order valence-electron chi connectivity index (χ0n) is 5.64. The molecule has 60 valence electrons. The number of hydrogen-bond acceptors (Lipinski definition) is 3. The van der Waals surface area contributed by atoms with Gasteiger partial charge in [-0.3, -0.25) is 4.79 Å². The van der Waals surface area contributed by atoms with Gasteiger partial charge in [-0.2, -0.15) is 5.10 Å². The minimum atomic E-state index is -0.217. The molecular weight excluding hydrogens is 278 g/mol. The standard InChI is InChI=1S/C5H5Br2N3O/c1-10-5(11)3(7)2(6)4(8)9-10/h1H3,(H2,8,9). The number of nitrogen functional groups attached to an aromatic ring is 1. The van der Waals surface area contributed by atoms with Crippen LogP contribution < -0.4 is 11.3 Å². The Kier molecular flexibility index (Phi) is 2.34. The lowest BCUT2D eigenvalue weighted by molar-refractivity contribution is 0.706.